The highest BCUT2D eigenvalue weighted by atomic mass is 35.5. The molecule has 6 nitrogen and oxygen atoms in total. The van der Waals surface area contributed by atoms with Crippen molar-refractivity contribution >= 4 is 46.5 Å². The minimum atomic E-state index is -1.29. The number of amides is 1. The summed E-state index contributed by atoms with van der Waals surface area (Å²) in [5.74, 6) is -1.38. The predicted molar refractivity (Wildman–Crippen MR) is 96.8 cm³/mol. The minimum absolute atomic E-state index is 0.0198. The Hall–Kier alpha value is -2.64. The predicted octanol–water partition coefficient (Wildman–Crippen LogP) is 1.90. The molecule has 2 N–H and O–H groups in total. The lowest BCUT2D eigenvalue weighted by Crippen LogP contribution is -2.37. The number of carboxylic acid groups (broad SMARTS) is 1. The smallest absolute Gasteiger partial charge is 0.264 e. The van der Waals surface area contributed by atoms with Crippen molar-refractivity contribution in [1.29, 1.82) is 0 Å². The number of halogens is 1. The molecule has 0 aromatic heterocycles. The Morgan fingerprint density at radius 2 is 1.92 bits per heavy atom. The van der Waals surface area contributed by atoms with Crippen LogP contribution in [0, 0.1) is 6.92 Å². The van der Waals surface area contributed by atoms with E-state index in [0.29, 0.717) is 22.0 Å². The van der Waals surface area contributed by atoms with Gasteiger partial charge in [-0.2, -0.15) is 0 Å². The Bertz CT molecular complexity index is 826. The van der Waals surface area contributed by atoms with Crippen LogP contribution in [0.25, 0.3) is 0 Å². The number of hydrogen-bond acceptors (Lipinski definition) is 5. The van der Waals surface area contributed by atoms with Crippen LogP contribution in [0.15, 0.2) is 42.5 Å². The summed E-state index contributed by atoms with van der Waals surface area (Å²) in [7, 11) is 0. The van der Waals surface area contributed by atoms with Crippen LogP contribution in [0.3, 0.4) is 0 Å². The van der Waals surface area contributed by atoms with Crippen molar-refractivity contribution in [3.05, 3.63) is 58.6 Å². The summed E-state index contributed by atoms with van der Waals surface area (Å²) < 4.78 is 5.31. The van der Waals surface area contributed by atoms with Crippen molar-refractivity contribution in [1.82, 2.24) is 5.32 Å². The third-order valence-electron chi connectivity index (χ3n) is 3.25. The van der Waals surface area contributed by atoms with Gasteiger partial charge in [-0.1, -0.05) is 35.9 Å². The summed E-state index contributed by atoms with van der Waals surface area (Å²) in [5.41, 5.74) is 0.951. The summed E-state index contributed by atoms with van der Waals surface area (Å²) in [6.45, 7) is 1.34. The molecule has 2 aromatic rings. The summed E-state index contributed by atoms with van der Waals surface area (Å²) in [6, 6.07) is 11.4. The molecule has 25 heavy (non-hydrogen) atoms. The van der Waals surface area contributed by atoms with Gasteiger partial charge < -0.3 is 20.0 Å². The van der Waals surface area contributed by atoms with E-state index in [9.17, 15) is 14.7 Å². The molecule has 0 saturated carbocycles. The van der Waals surface area contributed by atoms with Crippen molar-refractivity contribution in [2.24, 2.45) is 0 Å². The van der Waals surface area contributed by atoms with Crippen LogP contribution in [-0.4, -0.2) is 23.6 Å². The molecule has 0 radical (unpaired) electrons. The molecule has 0 aliphatic carbocycles. The van der Waals surface area contributed by atoms with Gasteiger partial charge in [0.25, 0.3) is 5.91 Å². The average molecular weight is 378 g/mol. The monoisotopic (exact) mass is 377 g/mol. The zero-order valence-corrected chi connectivity index (χ0v) is 14.7. The summed E-state index contributed by atoms with van der Waals surface area (Å²) in [4.78, 5) is 22.9. The molecule has 0 spiro atoms. The number of hydrogen-bond donors (Lipinski definition) is 2. The summed E-state index contributed by atoms with van der Waals surface area (Å²) >= 11 is 11.0. The first-order valence-electron chi connectivity index (χ1n) is 7.17. The number of para-hydroxylation sites is 1. The lowest BCUT2D eigenvalue weighted by molar-refractivity contribution is -0.255. The number of ether oxygens (including phenoxy) is 1. The fraction of sp³-hybridized carbons (Fsp3) is 0.118. The van der Waals surface area contributed by atoms with Gasteiger partial charge in [0.2, 0.25) is 0 Å². The number of nitrogens with one attached hydrogen (secondary N) is 2. The quantitative estimate of drug-likeness (QED) is 0.773. The minimum Gasteiger partial charge on any atom is -0.545 e. The third-order valence-corrected chi connectivity index (χ3v) is 3.77. The number of carbonyl (C=O) groups is 2. The van der Waals surface area contributed by atoms with Crippen molar-refractivity contribution < 1.29 is 19.4 Å². The Labute approximate surface area is 154 Å². The number of aromatic carboxylic acids is 1. The number of thiocarbonyl (C=S) groups is 1. The second-order valence-corrected chi connectivity index (χ2v) is 5.80. The van der Waals surface area contributed by atoms with Crippen molar-refractivity contribution in [2.45, 2.75) is 6.92 Å². The summed E-state index contributed by atoms with van der Waals surface area (Å²) in [5, 5.41) is 16.6. The largest absolute Gasteiger partial charge is 0.545 e. The molecule has 8 heteroatoms. The van der Waals surface area contributed by atoms with E-state index in [-0.39, 0.29) is 17.3 Å². The highest BCUT2D eigenvalue weighted by molar-refractivity contribution is 7.80. The number of carbonyl (C=O) groups excluding carboxylic acids is 2. The Morgan fingerprint density at radius 3 is 2.60 bits per heavy atom. The second-order valence-electron chi connectivity index (χ2n) is 4.99. The zero-order valence-electron chi connectivity index (χ0n) is 13.2. The molecule has 0 unspecified atom stereocenters. The molecule has 0 aliphatic heterocycles. The van der Waals surface area contributed by atoms with Crippen LogP contribution < -0.4 is 20.5 Å². The van der Waals surface area contributed by atoms with Gasteiger partial charge in [-0.25, -0.2) is 0 Å². The second kappa shape index (κ2) is 8.46. The summed E-state index contributed by atoms with van der Waals surface area (Å²) in [6.07, 6.45) is 0. The lowest BCUT2D eigenvalue weighted by atomic mass is 10.1. The van der Waals surface area contributed by atoms with E-state index in [4.69, 9.17) is 28.6 Å². The molecule has 0 heterocycles. The van der Waals surface area contributed by atoms with Crippen LogP contribution >= 0.6 is 23.8 Å². The van der Waals surface area contributed by atoms with Crippen molar-refractivity contribution in [3.8, 4) is 5.75 Å². The maximum atomic E-state index is 11.9. The lowest BCUT2D eigenvalue weighted by Gasteiger charge is -2.15. The molecular weight excluding hydrogens is 364 g/mol. The van der Waals surface area contributed by atoms with Crippen molar-refractivity contribution in [2.75, 3.05) is 11.9 Å². The van der Waals surface area contributed by atoms with E-state index in [1.165, 1.54) is 6.07 Å². The highest BCUT2D eigenvalue weighted by Gasteiger charge is 2.10. The fourth-order valence-corrected chi connectivity index (χ4v) is 2.43. The normalized spacial score (nSPS) is 10.0. The van der Waals surface area contributed by atoms with E-state index < -0.39 is 11.9 Å². The van der Waals surface area contributed by atoms with Gasteiger partial charge in [-0.3, -0.25) is 10.1 Å². The first-order valence-corrected chi connectivity index (χ1v) is 7.96. The Morgan fingerprint density at radius 1 is 1.20 bits per heavy atom. The molecule has 2 rings (SSSR count). The van der Waals surface area contributed by atoms with Gasteiger partial charge in [0.15, 0.2) is 11.7 Å². The average Bonchev–Trinajstić information content (AvgIpc) is 2.55. The standard InChI is InChI=1S/C17H15ClN2O4S/c1-10-11(16(22)23)5-4-7-13(10)19-17(25)20-15(21)9-24-14-8-3-2-6-12(14)18/h2-8H,9H2,1H3,(H,22,23)(H2,19,20,21,25)/p-1. The first kappa shape index (κ1) is 18.7. The van der Waals surface area contributed by atoms with Gasteiger partial charge in [0.05, 0.1) is 11.0 Å². The molecule has 0 atom stereocenters. The van der Waals surface area contributed by atoms with Gasteiger partial charge in [-0.05, 0) is 42.9 Å². The molecule has 2 aromatic carbocycles. The molecule has 0 bridgehead atoms. The molecule has 0 fully saturated rings. The van der Waals surface area contributed by atoms with Crippen LogP contribution in [0.4, 0.5) is 5.69 Å². The maximum Gasteiger partial charge on any atom is 0.264 e. The SMILES string of the molecule is Cc1c(NC(=S)NC(=O)COc2ccccc2Cl)cccc1C(=O)[O-]. The number of carboxylic acids is 1. The molecular formula is C17H14ClN2O4S-. The maximum absolute atomic E-state index is 11.9. The zero-order chi connectivity index (χ0) is 18.4. The van der Waals surface area contributed by atoms with Crippen LogP contribution in [0.1, 0.15) is 15.9 Å². The molecule has 130 valence electrons. The Kier molecular flexibility index (Phi) is 6.32. The van der Waals surface area contributed by atoms with Crippen LogP contribution in [-0.2, 0) is 4.79 Å². The molecule has 0 saturated heterocycles. The molecule has 1 amide bonds. The Balaban J connectivity index is 1.92. The molecule has 0 aliphatic rings. The van der Waals surface area contributed by atoms with E-state index in [1.54, 1.807) is 43.3 Å². The highest BCUT2D eigenvalue weighted by Crippen LogP contribution is 2.22. The number of benzene rings is 2. The van der Waals surface area contributed by atoms with Gasteiger partial charge in [0.1, 0.15) is 5.75 Å². The number of rotatable bonds is 5. The third kappa shape index (κ3) is 5.17. The number of anilines is 1. The fourth-order valence-electron chi connectivity index (χ4n) is 2.01. The van der Waals surface area contributed by atoms with E-state index in [0.717, 1.165) is 0 Å². The van der Waals surface area contributed by atoms with E-state index in [1.807, 2.05) is 0 Å². The van der Waals surface area contributed by atoms with Gasteiger partial charge >= 0.3 is 0 Å². The van der Waals surface area contributed by atoms with Crippen LogP contribution in [0.2, 0.25) is 5.02 Å². The topological polar surface area (TPSA) is 90.5 Å². The van der Waals surface area contributed by atoms with Gasteiger partial charge in [0, 0.05) is 11.3 Å². The van der Waals surface area contributed by atoms with Crippen LogP contribution in [0.5, 0.6) is 5.75 Å². The van der Waals surface area contributed by atoms with Crippen molar-refractivity contribution in [3.63, 3.8) is 0 Å². The van der Waals surface area contributed by atoms with E-state index >= 15 is 0 Å². The van der Waals surface area contributed by atoms with Gasteiger partial charge in [-0.15, -0.1) is 0 Å². The first-order chi connectivity index (χ1) is 11.9. The van der Waals surface area contributed by atoms with E-state index in [2.05, 4.69) is 10.6 Å².